The van der Waals surface area contributed by atoms with Crippen LogP contribution in [0.25, 0.3) is 0 Å². The maximum absolute atomic E-state index is 12.6. The number of ether oxygens (including phenoxy) is 2. The molecule has 1 unspecified atom stereocenters. The van der Waals surface area contributed by atoms with Crippen molar-refractivity contribution in [2.24, 2.45) is 5.92 Å². The molecule has 0 aromatic heterocycles. The van der Waals surface area contributed by atoms with E-state index in [2.05, 4.69) is 0 Å². The quantitative estimate of drug-likeness (QED) is 0.612. The number of rotatable bonds is 9. The molecule has 1 aromatic rings. The fraction of sp³-hybridized carbons (Fsp3) is 0.611. The van der Waals surface area contributed by atoms with E-state index in [1.165, 1.54) is 19.2 Å². The molecular formula is C18H25F3O3. The molecule has 0 N–H and O–H groups in total. The van der Waals surface area contributed by atoms with Crippen LogP contribution >= 0.6 is 0 Å². The van der Waals surface area contributed by atoms with Gasteiger partial charge in [0.25, 0.3) is 0 Å². The monoisotopic (exact) mass is 346 g/mol. The number of hydrogen-bond acceptors (Lipinski definition) is 3. The zero-order chi connectivity index (χ0) is 18.2. The van der Waals surface area contributed by atoms with Crippen LogP contribution in [-0.4, -0.2) is 25.8 Å². The molecule has 0 fully saturated rings. The molecule has 0 saturated carbocycles. The Balaban J connectivity index is 2.53. The van der Waals surface area contributed by atoms with Crippen LogP contribution in [0.3, 0.4) is 0 Å². The SMILES string of the molecule is CC[C@H](Cc1ccc(C(F)(F)F)cc1)CC(C)OC(=O)CCOC. The highest BCUT2D eigenvalue weighted by Crippen LogP contribution is 2.29. The van der Waals surface area contributed by atoms with Gasteiger partial charge < -0.3 is 9.47 Å². The summed E-state index contributed by atoms with van der Waals surface area (Å²) in [5.74, 6) is -0.0549. The van der Waals surface area contributed by atoms with Gasteiger partial charge in [0.15, 0.2) is 0 Å². The standard InChI is InChI=1S/C18H25F3O3/c1-4-14(11-13(2)24-17(22)9-10-23-3)12-15-5-7-16(8-6-15)18(19,20)21/h5-8,13-14H,4,9-12H2,1-3H3/t13?,14-/m0/s1. The smallest absolute Gasteiger partial charge is 0.416 e. The third-order valence-electron chi connectivity index (χ3n) is 3.89. The van der Waals surface area contributed by atoms with Gasteiger partial charge in [-0.15, -0.1) is 0 Å². The van der Waals surface area contributed by atoms with Crippen LogP contribution in [0.1, 0.15) is 44.2 Å². The van der Waals surface area contributed by atoms with Gasteiger partial charge in [0.05, 0.1) is 24.7 Å². The minimum absolute atomic E-state index is 0.219. The number of benzene rings is 1. The fourth-order valence-corrected chi connectivity index (χ4v) is 2.54. The van der Waals surface area contributed by atoms with Crippen LogP contribution in [0.15, 0.2) is 24.3 Å². The van der Waals surface area contributed by atoms with Crippen molar-refractivity contribution in [3.63, 3.8) is 0 Å². The van der Waals surface area contributed by atoms with E-state index in [0.29, 0.717) is 19.4 Å². The second-order valence-electron chi connectivity index (χ2n) is 5.95. The molecule has 0 heterocycles. The van der Waals surface area contributed by atoms with Gasteiger partial charge in [-0.1, -0.05) is 25.5 Å². The van der Waals surface area contributed by atoms with E-state index in [1.807, 2.05) is 13.8 Å². The van der Waals surface area contributed by atoms with Crippen LogP contribution in [-0.2, 0) is 26.9 Å². The maximum atomic E-state index is 12.6. The van der Waals surface area contributed by atoms with E-state index in [-0.39, 0.29) is 24.4 Å². The minimum Gasteiger partial charge on any atom is -0.463 e. The van der Waals surface area contributed by atoms with Crippen molar-refractivity contribution >= 4 is 5.97 Å². The number of carbonyl (C=O) groups is 1. The molecule has 0 aliphatic rings. The summed E-state index contributed by atoms with van der Waals surface area (Å²) in [4.78, 5) is 11.6. The second-order valence-corrected chi connectivity index (χ2v) is 5.95. The van der Waals surface area contributed by atoms with Gasteiger partial charge in [-0.2, -0.15) is 13.2 Å². The van der Waals surface area contributed by atoms with Gasteiger partial charge in [-0.05, 0) is 43.4 Å². The van der Waals surface area contributed by atoms with E-state index in [1.54, 1.807) is 0 Å². The van der Waals surface area contributed by atoms with Gasteiger partial charge in [0.1, 0.15) is 0 Å². The van der Waals surface area contributed by atoms with E-state index in [9.17, 15) is 18.0 Å². The molecule has 0 aliphatic heterocycles. The molecule has 0 amide bonds. The topological polar surface area (TPSA) is 35.5 Å². The average molecular weight is 346 g/mol. The van der Waals surface area contributed by atoms with Gasteiger partial charge in [-0.25, -0.2) is 0 Å². The van der Waals surface area contributed by atoms with Crippen LogP contribution in [0.4, 0.5) is 13.2 Å². The summed E-state index contributed by atoms with van der Waals surface area (Å²) in [5.41, 5.74) is 0.215. The first-order chi connectivity index (χ1) is 11.3. The fourth-order valence-electron chi connectivity index (χ4n) is 2.54. The van der Waals surface area contributed by atoms with Crippen LogP contribution in [0.5, 0.6) is 0 Å². The Bertz CT molecular complexity index is 497. The van der Waals surface area contributed by atoms with Gasteiger partial charge in [-0.3, -0.25) is 4.79 Å². The predicted molar refractivity (Wildman–Crippen MR) is 85.6 cm³/mol. The highest BCUT2D eigenvalue weighted by Gasteiger charge is 2.30. The summed E-state index contributed by atoms with van der Waals surface area (Å²) in [5, 5.41) is 0. The van der Waals surface area contributed by atoms with Crippen molar-refractivity contribution in [2.75, 3.05) is 13.7 Å². The van der Waals surface area contributed by atoms with Gasteiger partial charge in [0.2, 0.25) is 0 Å². The first-order valence-electron chi connectivity index (χ1n) is 8.10. The highest BCUT2D eigenvalue weighted by atomic mass is 19.4. The zero-order valence-electron chi connectivity index (χ0n) is 14.4. The normalized spacial score (nSPS) is 14.2. The number of alkyl halides is 3. The number of halogens is 3. The molecule has 2 atom stereocenters. The number of esters is 1. The molecule has 0 radical (unpaired) electrons. The van der Waals surface area contributed by atoms with E-state index >= 15 is 0 Å². The van der Waals surface area contributed by atoms with Crippen molar-refractivity contribution in [3.8, 4) is 0 Å². The summed E-state index contributed by atoms with van der Waals surface area (Å²) in [6.45, 7) is 4.18. The molecule has 1 aromatic carbocycles. The summed E-state index contributed by atoms with van der Waals surface area (Å²) in [6.07, 6.45) is -2.12. The minimum atomic E-state index is -4.31. The summed E-state index contributed by atoms with van der Waals surface area (Å²) >= 11 is 0. The van der Waals surface area contributed by atoms with Crippen molar-refractivity contribution < 1.29 is 27.4 Å². The molecule has 6 heteroatoms. The Hall–Kier alpha value is -1.56. The predicted octanol–water partition coefficient (Wildman–Crippen LogP) is 4.63. The van der Waals surface area contributed by atoms with Crippen LogP contribution in [0.2, 0.25) is 0 Å². The van der Waals surface area contributed by atoms with Crippen molar-refractivity contribution in [2.45, 2.75) is 51.8 Å². The molecule has 0 bridgehead atoms. The molecule has 136 valence electrons. The Labute approximate surface area is 141 Å². The summed E-state index contributed by atoms with van der Waals surface area (Å²) in [6, 6.07) is 5.24. The third-order valence-corrected chi connectivity index (χ3v) is 3.89. The maximum Gasteiger partial charge on any atom is 0.416 e. The first kappa shape index (κ1) is 20.5. The molecule has 0 saturated heterocycles. The van der Waals surface area contributed by atoms with Crippen molar-refractivity contribution in [1.82, 2.24) is 0 Å². The van der Waals surface area contributed by atoms with Crippen LogP contribution < -0.4 is 0 Å². The van der Waals surface area contributed by atoms with Crippen LogP contribution in [0, 0.1) is 5.92 Å². The second kappa shape index (κ2) is 9.67. The Morgan fingerprint density at radius 3 is 2.33 bits per heavy atom. The molecule has 0 aliphatic carbocycles. The Morgan fingerprint density at radius 2 is 1.83 bits per heavy atom. The third kappa shape index (κ3) is 7.34. The van der Waals surface area contributed by atoms with Gasteiger partial charge >= 0.3 is 12.1 Å². The average Bonchev–Trinajstić information content (AvgIpc) is 2.51. The van der Waals surface area contributed by atoms with E-state index < -0.39 is 11.7 Å². The highest BCUT2D eigenvalue weighted by molar-refractivity contribution is 5.69. The molecule has 1 rings (SSSR count). The zero-order valence-corrected chi connectivity index (χ0v) is 14.4. The summed E-state index contributed by atoms with van der Waals surface area (Å²) in [7, 11) is 1.52. The molecule has 0 spiro atoms. The first-order valence-corrected chi connectivity index (χ1v) is 8.10. The van der Waals surface area contributed by atoms with Gasteiger partial charge in [0, 0.05) is 7.11 Å². The lowest BCUT2D eigenvalue weighted by Gasteiger charge is -2.20. The molecule has 3 nitrogen and oxygen atoms in total. The van der Waals surface area contributed by atoms with Crippen molar-refractivity contribution in [1.29, 1.82) is 0 Å². The Morgan fingerprint density at radius 1 is 1.21 bits per heavy atom. The molecule has 24 heavy (non-hydrogen) atoms. The number of carbonyl (C=O) groups excluding carboxylic acids is 1. The summed E-state index contributed by atoms with van der Waals surface area (Å²) < 4.78 is 47.9. The van der Waals surface area contributed by atoms with E-state index in [4.69, 9.17) is 9.47 Å². The molecular weight excluding hydrogens is 321 g/mol. The number of hydrogen-bond donors (Lipinski definition) is 0. The number of methoxy groups -OCH3 is 1. The van der Waals surface area contributed by atoms with E-state index in [0.717, 1.165) is 24.1 Å². The lowest BCUT2D eigenvalue weighted by atomic mass is 9.91. The lowest BCUT2D eigenvalue weighted by molar-refractivity contribution is -0.150. The Kier molecular flexibility index (Phi) is 8.25. The largest absolute Gasteiger partial charge is 0.463 e. The lowest BCUT2D eigenvalue weighted by Crippen LogP contribution is -2.20. The van der Waals surface area contributed by atoms with Crippen molar-refractivity contribution in [3.05, 3.63) is 35.4 Å².